The maximum atomic E-state index is 5.79. The SMILES string of the molecule is COc1ccc2oc(N[C@@H](C)c3ccc(C)c(-n4ccnc4)c3)nc2c1. The molecule has 0 spiro atoms. The lowest BCUT2D eigenvalue weighted by molar-refractivity contribution is 0.415. The Bertz CT molecular complexity index is 1040. The summed E-state index contributed by atoms with van der Waals surface area (Å²) in [5.74, 6) is 0.758. The Morgan fingerprint density at radius 1 is 1.19 bits per heavy atom. The van der Waals surface area contributed by atoms with Crippen LogP contribution in [0.25, 0.3) is 16.8 Å². The molecular formula is C20H20N4O2. The quantitative estimate of drug-likeness (QED) is 0.575. The van der Waals surface area contributed by atoms with E-state index >= 15 is 0 Å². The predicted octanol–water partition coefficient (Wildman–Crippen LogP) is 4.50. The number of aryl methyl sites for hydroxylation is 1. The van der Waals surface area contributed by atoms with Gasteiger partial charge in [0.2, 0.25) is 0 Å². The first-order valence-electron chi connectivity index (χ1n) is 8.44. The van der Waals surface area contributed by atoms with Crippen molar-refractivity contribution in [1.82, 2.24) is 14.5 Å². The first-order chi connectivity index (χ1) is 12.6. The second-order valence-corrected chi connectivity index (χ2v) is 6.23. The number of rotatable bonds is 5. The second kappa shape index (κ2) is 6.55. The number of methoxy groups -OCH3 is 1. The zero-order valence-corrected chi connectivity index (χ0v) is 14.9. The topological polar surface area (TPSA) is 65.1 Å². The van der Waals surface area contributed by atoms with Crippen LogP contribution in [0.2, 0.25) is 0 Å². The fourth-order valence-corrected chi connectivity index (χ4v) is 2.94. The van der Waals surface area contributed by atoms with Gasteiger partial charge in [0.15, 0.2) is 5.58 Å². The van der Waals surface area contributed by atoms with E-state index in [0.29, 0.717) is 6.01 Å². The van der Waals surface area contributed by atoms with Crippen LogP contribution in [0.4, 0.5) is 6.01 Å². The summed E-state index contributed by atoms with van der Waals surface area (Å²) in [6.07, 6.45) is 5.52. The number of imidazole rings is 1. The Morgan fingerprint density at radius 3 is 2.85 bits per heavy atom. The molecule has 0 unspecified atom stereocenters. The predicted molar refractivity (Wildman–Crippen MR) is 101 cm³/mol. The van der Waals surface area contributed by atoms with Gasteiger partial charge in [-0.2, -0.15) is 4.98 Å². The molecule has 1 atom stereocenters. The molecule has 26 heavy (non-hydrogen) atoms. The van der Waals surface area contributed by atoms with Gasteiger partial charge in [0.25, 0.3) is 6.01 Å². The number of hydrogen-bond donors (Lipinski definition) is 1. The fourth-order valence-electron chi connectivity index (χ4n) is 2.94. The number of nitrogens with one attached hydrogen (secondary N) is 1. The highest BCUT2D eigenvalue weighted by Gasteiger charge is 2.13. The molecule has 4 rings (SSSR count). The van der Waals surface area contributed by atoms with E-state index in [0.717, 1.165) is 28.1 Å². The summed E-state index contributed by atoms with van der Waals surface area (Å²) < 4.78 is 13.0. The lowest BCUT2D eigenvalue weighted by Gasteiger charge is -2.15. The number of aromatic nitrogens is 3. The van der Waals surface area contributed by atoms with Crippen LogP contribution in [0.15, 0.2) is 59.5 Å². The highest BCUT2D eigenvalue weighted by molar-refractivity contribution is 5.76. The summed E-state index contributed by atoms with van der Waals surface area (Å²) in [6.45, 7) is 4.17. The van der Waals surface area contributed by atoms with Crippen LogP contribution in [0, 0.1) is 6.92 Å². The van der Waals surface area contributed by atoms with Crippen LogP contribution >= 0.6 is 0 Å². The van der Waals surface area contributed by atoms with E-state index in [4.69, 9.17) is 9.15 Å². The van der Waals surface area contributed by atoms with E-state index in [2.05, 4.69) is 47.3 Å². The normalized spacial score (nSPS) is 12.3. The summed E-state index contributed by atoms with van der Waals surface area (Å²) in [6, 6.07) is 12.5. The van der Waals surface area contributed by atoms with Gasteiger partial charge in [0.05, 0.1) is 19.5 Å². The molecule has 0 saturated heterocycles. The fraction of sp³-hybridized carbons (Fsp3) is 0.200. The monoisotopic (exact) mass is 348 g/mol. The van der Waals surface area contributed by atoms with Crippen LogP contribution in [0.5, 0.6) is 5.75 Å². The van der Waals surface area contributed by atoms with Crippen molar-refractivity contribution in [2.24, 2.45) is 0 Å². The average molecular weight is 348 g/mol. The molecule has 0 aliphatic carbocycles. The van der Waals surface area contributed by atoms with Gasteiger partial charge in [-0.05, 0) is 43.2 Å². The van der Waals surface area contributed by atoms with Gasteiger partial charge in [0, 0.05) is 24.1 Å². The molecular weight excluding hydrogens is 328 g/mol. The molecule has 132 valence electrons. The van der Waals surface area contributed by atoms with Crippen molar-refractivity contribution >= 4 is 17.1 Å². The zero-order valence-electron chi connectivity index (χ0n) is 14.9. The minimum absolute atomic E-state index is 0.0350. The first kappa shape index (κ1) is 16.2. The van der Waals surface area contributed by atoms with Gasteiger partial charge >= 0.3 is 0 Å². The number of benzene rings is 2. The van der Waals surface area contributed by atoms with E-state index in [1.165, 1.54) is 5.56 Å². The highest BCUT2D eigenvalue weighted by Crippen LogP contribution is 2.27. The van der Waals surface area contributed by atoms with Crippen LogP contribution < -0.4 is 10.1 Å². The van der Waals surface area contributed by atoms with Gasteiger partial charge in [-0.1, -0.05) is 12.1 Å². The molecule has 6 nitrogen and oxygen atoms in total. The Balaban J connectivity index is 1.60. The second-order valence-electron chi connectivity index (χ2n) is 6.23. The standard InChI is InChI=1S/C20H20N4O2/c1-13-4-5-15(10-18(13)24-9-8-21-12-24)14(2)22-20-23-17-11-16(25-3)6-7-19(17)26-20/h4-12,14H,1-3H3,(H,22,23)/t14-/m0/s1. The number of anilines is 1. The molecule has 0 fully saturated rings. The molecule has 0 aliphatic rings. The average Bonchev–Trinajstić information content (AvgIpc) is 3.30. The van der Waals surface area contributed by atoms with E-state index < -0.39 is 0 Å². The molecule has 0 bridgehead atoms. The van der Waals surface area contributed by atoms with E-state index in [-0.39, 0.29) is 6.04 Å². The third-order valence-electron chi connectivity index (χ3n) is 4.45. The molecule has 0 saturated carbocycles. The molecule has 2 heterocycles. The van der Waals surface area contributed by atoms with Crippen molar-refractivity contribution < 1.29 is 9.15 Å². The summed E-state index contributed by atoms with van der Waals surface area (Å²) in [7, 11) is 1.64. The summed E-state index contributed by atoms with van der Waals surface area (Å²) in [5, 5.41) is 3.33. The smallest absolute Gasteiger partial charge is 0.296 e. The molecule has 0 radical (unpaired) electrons. The van der Waals surface area contributed by atoms with Crippen molar-refractivity contribution in [1.29, 1.82) is 0 Å². The van der Waals surface area contributed by atoms with Gasteiger partial charge < -0.3 is 19.0 Å². The van der Waals surface area contributed by atoms with Crippen molar-refractivity contribution in [3.05, 3.63) is 66.2 Å². The van der Waals surface area contributed by atoms with E-state index in [9.17, 15) is 0 Å². The number of hydrogen-bond acceptors (Lipinski definition) is 5. The number of ether oxygens (including phenoxy) is 1. The van der Waals surface area contributed by atoms with Crippen LogP contribution in [0.3, 0.4) is 0 Å². The Kier molecular flexibility index (Phi) is 4.08. The van der Waals surface area contributed by atoms with Gasteiger partial charge in [0.1, 0.15) is 11.3 Å². The molecule has 2 aromatic carbocycles. The molecule has 4 aromatic rings. The number of nitrogens with zero attached hydrogens (tertiary/aromatic N) is 3. The zero-order chi connectivity index (χ0) is 18.1. The summed E-state index contributed by atoms with van der Waals surface area (Å²) >= 11 is 0. The molecule has 2 aromatic heterocycles. The Hall–Kier alpha value is -3.28. The van der Waals surface area contributed by atoms with Gasteiger partial charge in [-0.25, -0.2) is 4.98 Å². The largest absolute Gasteiger partial charge is 0.497 e. The third kappa shape index (κ3) is 3.01. The molecule has 1 N–H and O–H groups in total. The van der Waals surface area contributed by atoms with Crippen LogP contribution in [-0.4, -0.2) is 21.6 Å². The van der Waals surface area contributed by atoms with Crippen molar-refractivity contribution in [3.8, 4) is 11.4 Å². The maximum Gasteiger partial charge on any atom is 0.296 e. The van der Waals surface area contributed by atoms with Crippen LogP contribution in [-0.2, 0) is 0 Å². The van der Waals surface area contributed by atoms with E-state index in [1.54, 1.807) is 19.6 Å². The third-order valence-corrected chi connectivity index (χ3v) is 4.45. The maximum absolute atomic E-state index is 5.79. The number of oxazole rings is 1. The molecule has 6 heteroatoms. The lowest BCUT2D eigenvalue weighted by Crippen LogP contribution is -2.08. The molecule has 0 aliphatic heterocycles. The number of fused-ring (bicyclic) bond motifs is 1. The summed E-state index contributed by atoms with van der Waals surface area (Å²) in [5.41, 5.74) is 4.92. The van der Waals surface area contributed by atoms with E-state index in [1.807, 2.05) is 29.0 Å². The van der Waals surface area contributed by atoms with Crippen molar-refractivity contribution in [2.45, 2.75) is 19.9 Å². The van der Waals surface area contributed by atoms with Gasteiger partial charge in [-0.15, -0.1) is 0 Å². The van der Waals surface area contributed by atoms with Crippen LogP contribution in [0.1, 0.15) is 24.1 Å². The Labute approximate surface area is 151 Å². The first-order valence-corrected chi connectivity index (χ1v) is 8.44. The minimum Gasteiger partial charge on any atom is -0.497 e. The molecule has 0 amide bonds. The van der Waals surface area contributed by atoms with Crippen molar-refractivity contribution in [2.75, 3.05) is 12.4 Å². The minimum atomic E-state index is 0.0350. The Morgan fingerprint density at radius 2 is 2.08 bits per heavy atom. The lowest BCUT2D eigenvalue weighted by atomic mass is 10.0. The summed E-state index contributed by atoms with van der Waals surface area (Å²) in [4.78, 5) is 8.64. The van der Waals surface area contributed by atoms with Gasteiger partial charge in [-0.3, -0.25) is 0 Å². The van der Waals surface area contributed by atoms with Crippen molar-refractivity contribution in [3.63, 3.8) is 0 Å². The highest BCUT2D eigenvalue weighted by atomic mass is 16.5.